The zero-order valence-electron chi connectivity index (χ0n) is 23.6. The van der Waals surface area contributed by atoms with Gasteiger partial charge in [-0.05, 0) is 55.2 Å². The molecule has 1 heterocycles. The number of amides is 1. The van der Waals surface area contributed by atoms with Crippen molar-refractivity contribution in [2.45, 2.75) is 25.3 Å². The summed E-state index contributed by atoms with van der Waals surface area (Å²) in [6, 6.07) is 15.3. The fourth-order valence-electron chi connectivity index (χ4n) is 4.71. The van der Waals surface area contributed by atoms with Crippen molar-refractivity contribution in [3.8, 4) is 22.5 Å². The van der Waals surface area contributed by atoms with Crippen molar-refractivity contribution in [2.75, 3.05) is 39.6 Å². The largest absolute Gasteiger partial charge is 0.480 e. The van der Waals surface area contributed by atoms with E-state index < -0.39 is 23.9 Å². The van der Waals surface area contributed by atoms with Gasteiger partial charge in [0.25, 0.3) is 5.91 Å². The van der Waals surface area contributed by atoms with Crippen LogP contribution < -0.4 is 25.9 Å². The molecule has 1 aliphatic heterocycles. The number of carbonyl (C=O) groups excluding carboxylic acids is 1. The molecule has 0 spiro atoms. The van der Waals surface area contributed by atoms with E-state index in [0.717, 1.165) is 22.0 Å². The van der Waals surface area contributed by atoms with Crippen LogP contribution in [0.2, 0.25) is 0 Å². The monoisotopic (exact) mass is 559 g/mol. The SMILES string of the molecule is CN(C)c1ccc2c(-c3ccc(C(=O)NCCCC[C@@H](N)C(=O)O)cc3C(=O)O)c3ccc(=[N+](C)C)cc-3oc2c1. The second kappa shape index (κ2) is 12.2. The Hall–Kier alpha value is -4.70. The van der Waals surface area contributed by atoms with E-state index in [-0.39, 0.29) is 11.1 Å². The highest BCUT2D eigenvalue weighted by atomic mass is 16.4. The van der Waals surface area contributed by atoms with E-state index in [2.05, 4.69) is 5.32 Å². The van der Waals surface area contributed by atoms with E-state index in [1.165, 1.54) is 6.07 Å². The summed E-state index contributed by atoms with van der Waals surface area (Å²) < 4.78 is 8.30. The number of nitrogens with two attached hydrogens (primary N) is 1. The standard InChI is InChI=1S/C31H34N4O6/c1-34(2)19-9-12-22-26(16-19)41-27-17-20(35(3)4)10-13-23(27)28(22)21-11-8-18(15-24(21)30(37)38)29(36)33-14-6-5-7-25(32)31(39)40/h8-13,15-17,25H,5-7,14,32H2,1-4H3,(H2-,33,36,37,38,39,40)/p+1/t25-/m1/s1. The number of aromatic carboxylic acids is 1. The van der Waals surface area contributed by atoms with Crippen LogP contribution in [-0.4, -0.2) is 68.8 Å². The molecule has 1 amide bonds. The summed E-state index contributed by atoms with van der Waals surface area (Å²) in [5, 5.41) is 23.6. The zero-order chi connectivity index (χ0) is 29.8. The molecule has 41 heavy (non-hydrogen) atoms. The van der Waals surface area contributed by atoms with Gasteiger partial charge in [0, 0.05) is 60.5 Å². The summed E-state index contributed by atoms with van der Waals surface area (Å²) in [7, 11) is 7.74. The minimum absolute atomic E-state index is 0.00717. The number of nitrogens with zero attached hydrogens (tertiary/aromatic N) is 2. The van der Waals surface area contributed by atoms with Gasteiger partial charge in [-0.3, -0.25) is 9.59 Å². The molecule has 1 aliphatic carbocycles. The van der Waals surface area contributed by atoms with Crippen LogP contribution in [0.15, 0.2) is 59.0 Å². The summed E-state index contributed by atoms with van der Waals surface area (Å²) in [5.74, 6) is -2.02. The number of carbonyl (C=O) groups is 3. The average molecular weight is 560 g/mol. The topological polar surface area (TPSA) is 149 Å². The molecule has 0 bridgehead atoms. The number of carboxylic acid groups (broad SMARTS) is 2. The van der Waals surface area contributed by atoms with Crippen LogP contribution in [0.4, 0.5) is 5.69 Å². The first kappa shape index (κ1) is 29.3. The molecule has 2 aliphatic rings. The lowest BCUT2D eigenvalue weighted by atomic mass is 9.89. The molecule has 0 saturated heterocycles. The molecule has 10 nitrogen and oxygen atoms in total. The third-order valence-electron chi connectivity index (χ3n) is 7.05. The highest BCUT2D eigenvalue weighted by molar-refractivity contribution is 6.09. The van der Waals surface area contributed by atoms with Gasteiger partial charge >= 0.3 is 11.9 Å². The minimum Gasteiger partial charge on any atom is -0.480 e. The fraction of sp³-hybridized carbons (Fsp3) is 0.290. The molecule has 1 atom stereocenters. The van der Waals surface area contributed by atoms with E-state index in [1.54, 1.807) is 12.1 Å². The van der Waals surface area contributed by atoms with E-state index in [4.69, 9.17) is 15.3 Å². The van der Waals surface area contributed by atoms with Gasteiger partial charge in [-0.1, -0.05) is 6.07 Å². The van der Waals surface area contributed by atoms with Gasteiger partial charge in [-0.15, -0.1) is 0 Å². The van der Waals surface area contributed by atoms with E-state index in [9.17, 15) is 19.5 Å². The van der Waals surface area contributed by atoms with Gasteiger partial charge in [-0.25, -0.2) is 9.37 Å². The molecule has 214 valence electrons. The van der Waals surface area contributed by atoms with Gasteiger partial charge in [0.05, 0.1) is 11.6 Å². The first-order valence-corrected chi connectivity index (χ1v) is 13.3. The number of aliphatic carboxylic acids is 1. The second-order valence-electron chi connectivity index (χ2n) is 10.4. The number of unbranched alkanes of at least 4 members (excludes halogenated alkanes) is 1. The number of carboxylic acids is 2. The minimum atomic E-state index is -1.16. The van der Waals surface area contributed by atoms with Crippen LogP contribution in [-0.2, 0) is 4.79 Å². The number of fused-ring (bicyclic) bond motifs is 2. The van der Waals surface area contributed by atoms with Crippen molar-refractivity contribution in [1.82, 2.24) is 9.89 Å². The van der Waals surface area contributed by atoms with E-state index >= 15 is 0 Å². The van der Waals surface area contributed by atoms with Crippen LogP contribution in [0.25, 0.3) is 33.4 Å². The van der Waals surface area contributed by atoms with Crippen LogP contribution in [0.1, 0.15) is 40.0 Å². The quantitative estimate of drug-likeness (QED) is 0.131. The van der Waals surface area contributed by atoms with Gasteiger partial charge in [0.2, 0.25) is 5.36 Å². The number of rotatable bonds is 10. The highest BCUT2D eigenvalue weighted by Crippen LogP contribution is 2.42. The smallest absolute Gasteiger partial charge is 0.336 e. The zero-order valence-corrected chi connectivity index (χ0v) is 23.6. The van der Waals surface area contributed by atoms with Gasteiger partial charge in [0.1, 0.15) is 31.5 Å². The lowest BCUT2D eigenvalue weighted by Gasteiger charge is -2.19. The van der Waals surface area contributed by atoms with Crippen molar-refractivity contribution in [1.29, 1.82) is 0 Å². The summed E-state index contributed by atoms with van der Waals surface area (Å²) in [6.07, 6.45) is 1.39. The van der Waals surface area contributed by atoms with Crippen LogP contribution in [0.5, 0.6) is 0 Å². The van der Waals surface area contributed by atoms with Gasteiger partial charge < -0.3 is 30.6 Å². The average Bonchev–Trinajstić information content (AvgIpc) is 2.94. The number of hydrogen-bond donors (Lipinski definition) is 4. The molecule has 0 fully saturated rings. The Morgan fingerprint density at radius 3 is 2.37 bits per heavy atom. The fourth-order valence-corrected chi connectivity index (χ4v) is 4.71. The second-order valence-corrected chi connectivity index (χ2v) is 10.4. The number of benzene rings is 3. The highest BCUT2D eigenvalue weighted by Gasteiger charge is 2.23. The summed E-state index contributed by atoms with van der Waals surface area (Å²) >= 11 is 0. The van der Waals surface area contributed by atoms with Crippen LogP contribution in [0.3, 0.4) is 0 Å². The molecule has 4 rings (SSSR count). The molecule has 0 radical (unpaired) electrons. The summed E-state index contributed by atoms with van der Waals surface area (Å²) in [6.45, 7) is 0.313. The van der Waals surface area contributed by atoms with Crippen molar-refractivity contribution in [3.63, 3.8) is 0 Å². The van der Waals surface area contributed by atoms with Crippen molar-refractivity contribution >= 4 is 34.5 Å². The van der Waals surface area contributed by atoms with Gasteiger partial charge in [-0.2, -0.15) is 0 Å². The lowest BCUT2D eigenvalue weighted by molar-refractivity contribution is -0.138. The maximum Gasteiger partial charge on any atom is 0.336 e. The van der Waals surface area contributed by atoms with Crippen LogP contribution in [0, 0.1) is 0 Å². The Morgan fingerprint density at radius 2 is 1.71 bits per heavy atom. The first-order chi connectivity index (χ1) is 19.5. The van der Waals surface area contributed by atoms with E-state index in [1.807, 2.05) is 74.1 Å². The normalized spacial score (nSPS) is 11.8. The van der Waals surface area contributed by atoms with Crippen LogP contribution >= 0.6 is 0 Å². The van der Waals surface area contributed by atoms with Gasteiger partial charge in [0.15, 0.2) is 0 Å². The third kappa shape index (κ3) is 6.38. The molecule has 0 saturated carbocycles. The first-order valence-electron chi connectivity index (χ1n) is 13.3. The molecule has 0 aromatic heterocycles. The lowest BCUT2D eigenvalue weighted by Crippen LogP contribution is -2.30. The maximum atomic E-state index is 12.9. The maximum absolute atomic E-state index is 12.9. The Labute approximate surface area is 237 Å². The summed E-state index contributed by atoms with van der Waals surface area (Å²) in [4.78, 5) is 38.2. The molecule has 2 aromatic rings. The summed E-state index contributed by atoms with van der Waals surface area (Å²) in [5.41, 5.74) is 9.19. The van der Waals surface area contributed by atoms with Crippen molar-refractivity contribution in [3.05, 3.63) is 71.1 Å². The van der Waals surface area contributed by atoms with Crippen molar-refractivity contribution < 1.29 is 29.0 Å². The Morgan fingerprint density at radius 1 is 0.976 bits per heavy atom. The molecule has 2 aromatic carbocycles. The predicted octanol–water partition coefficient (Wildman–Crippen LogP) is 3.31. The number of nitrogens with one attached hydrogen (secondary N) is 1. The Balaban J connectivity index is 1.76. The molecule has 5 N–H and O–H groups in total. The Bertz CT molecular complexity index is 1670. The molecule has 0 unspecified atom stereocenters. The van der Waals surface area contributed by atoms with Crippen molar-refractivity contribution in [2.24, 2.45) is 5.73 Å². The molecular formula is C31H35N4O6+. The Kier molecular flexibility index (Phi) is 8.73. The molecule has 10 heteroatoms. The number of anilines is 1. The third-order valence-corrected chi connectivity index (χ3v) is 7.05. The predicted molar refractivity (Wildman–Crippen MR) is 158 cm³/mol. The molecular weight excluding hydrogens is 524 g/mol. The van der Waals surface area contributed by atoms with E-state index in [0.29, 0.717) is 48.3 Å². The number of hydrogen-bond acceptors (Lipinski definition) is 6.